The number of pyridine rings is 1. The fourth-order valence-corrected chi connectivity index (χ4v) is 4.98. The molecule has 0 radical (unpaired) electrons. The zero-order valence-electron chi connectivity index (χ0n) is 15.7. The SMILES string of the molecule is Cc1ccc(C(=O)N2CCN(S(=O)(=O)c3cc(C(F)(F)F)ccc3Cl)CC2)c(=O)[nH]1. The molecule has 2 heterocycles. The molecular weight excluding hydrogens is 447 g/mol. The molecule has 1 saturated heterocycles. The molecule has 1 fully saturated rings. The predicted octanol–water partition coefficient (Wildman–Crippen LogP) is 2.50. The molecule has 162 valence electrons. The molecule has 1 aromatic carbocycles. The monoisotopic (exact) mass is 463 g/mol. The molecule has 0 atom stereocenters. The van der Waals surface area contributed by atoms with Crippen LogP contribution in [0.4, 0.5) is 13.2 Å². The van der Waals surface area contributed by atoms with Crippen LogP contribution in [0.15, 0.2) is 40.0 Å². The molecule has 0 aliphatic carbocycles. The Balaban J connectivity index is 1.79. The molecule has 0 bridgehead atoms. The van der Waals surface area contributed by atoms with Gasteiger partial charge in [0.15, 0.2) is 0 Å². The summed E-state index contributed by atoms with van der Waals surface area (Å²) < 4.78 is 65.5. The molecule has 12 heteroatoms. The van der Waals surface area contributed by atoms with Gasteiger partial charge in [0.1, 0.15) is 10.5 Å². The van der Waals surface area contributed by atoms with E-state index in [9.17, 15) is 31.2 Å². The third kappa shape index (κ3) is 4.37. The van der Waals surface area contributed by atoms with Gasteiger partial charge in [0.25, 0.3) is 11.5 Å². The molecule has 1 aliphatic heterocycles. The van der Waals surface area contributed by atoms with Crippen LogP contribution in [-0.2, 0) is 16.2 Å². The number of nitrogens with zero attached hydrogens (tertiary/aromatic N) is 2. The fraction of sp³-hybridized carbons (Fsp3) is 0.333. The molecule has 0 unspecified atom stereocenters. The zero-order chi connectivity index (χ0) is 22.3. The molecule has 1 N–H and O–H groups in total. The lowest BCUT2D eigenvalue weighted by Crippen LogP contribution is -2.51. The summed E-state index contributed by atoms with van der Waals surface area (Å²) in [7, 11) is -4.31. The first-order valence-corrected chi connectivity index (χ1v) is 10.6. The number of sulfonamides is 1. The molecular formula is C18H17ClF3N3O4S. The minimum absolute atomic E-state index is 0.0258. The molecule has 7 nitrogen and oxygen atoms in total. The van der Waals surface area contributed by atoms with Crippen molar-refractivity contribution in [3.8, 4) is 0 Å². The van der Waals surface area contributed by atoms with E-state index in [4.69, 9.17) is 11.6 Å². The summed E-state index contributed by atoms with van der Waals surface area (Å²) in [6, 6.07) is 5.06. The van der Waals surface area contributed by atoms with Gasteiger partial charge in [-0.25, -0.2) is 8.42 Å². The van der Waals surface area contributed by atoms with Crippen LogP contribution in [0.5, 0.6) is 0 Å². The van der Waals surface area contributed by atoms with Crippen molar-refractivity contribution in [2.75, 3.05) is 26.2 Å². The van der Waals surface area contributed by atoms with E-state index >= 15 is 0 Å². The Morgan fingerprint density at radius 2 is 1.73 bits per heavy atom. The number of aryl methyl sites for hydroxylation is 1. The second-order valence-corrected chi connectivity index (χ2v) is 9.04. The van der Waals surface area contributed by atoms with E-state index in [1.54, 1.807) is 13.0 Å². The van der Waals surface area contributed by atoms with Gasteiger partial charge in [-0.3, -0.25) is 9.59 Å². The largest absolute Gasteiger partial charge is 0.416 e. The molecule has 3 rings (SSSR count). The Morgan fingerprint density at radius 3 is 2.30 bits per heavy atom. The van der Waals surface area contributed by atoms with Crippen molar-refractivity contribution in [1.29, 1.82) is 0 Å². The molecule has 1 aliphatic rings. The zero-order valence-corrected chi connectivity index (χ0v) is 17.2. The van der Waals surface area contributed by atoms with Crippen LogP contribution in [0.25, 0.3) is 0 Å². The predicted molar refractivity (Wildman–Crippen MR) is 103 cm³/mol. The number of piperazine rings is 1. The Hall–Kier alpha value is -2.37. The number of aromatic amines is 1. The van der Waals surface area contributed by atoms with E-state index in [0.29, 0.717) is 17.8 Å². The summed E-state index contributed by atoms with van der Waals surface area (Å²) in [5.41, 5.74) is -1.16. The Bertz CT molecular complexity index is 1140. The highest BCUT2D eigenvalue weighted by Crippen LogP contribution is 2.34. The van der Waals surface area contributed by atoms with Gasteiger partial charge in [-0.05, 0) is 37.3 Å². The summed E-state index contributed by atoms with van der Waals surface area (Å²) in [6.45, 7) is 1.32. The van der Waals surface area contributed by atoms with Crippen LogP contribution in [0.1, 0.15) is 21.6 Å². The minimum Gasteiger partial charge on any atom is -0.336 e. The molecule has 30 heavy (non-hydrogen) atoms. The lowest BCUT2D eigenvalue weighted by atomic mass is 10.2. The number of alkyl halides is 3. The van der Waals surface area contributed by atoms with Gasteiger partial charge in [0.05, 0.1) is 10.6 Å². The second-order valence-electron chi connectivity index (χ2n) is 6.72. The van der Waals surface area contributed by atoms with Crippen molar-refractivity contribution >= 4 is 27.5 Å². The highest BCUT2D eigenvalue weighted by Gasteiger charge is 2.36. The Labute approximate surface area is 175 Å². The topological polar surface area (TPSA) is 90.6 Å². The normalized spacial score (nSPS) is 16.0. The maximum Gasteiger partial charge on any atom is 0.416 e. The average Bonchev–Trinajstić information content (AvgIpc) is 2.67. The first kappa shape index (κ1) is 22.3. The van der Waals surface area contributed by atoms with Gasteiger partial charge in [0, 0.05) is 31.9 Å². The summed E-state index contributed by atoms with van der Waals surface area (Å²) in [5.74, 6) is -0.551. The smallest absolute Gasteiger partial charge is 0.336 e. The third-order valence-corrected chi connectivity index (χ3v) is 7.07. The van der Waals surface area contributed by atoms with Crippen molar-refractivity contribution in [2.24, 2.45) is 0 Å². The lowest BCUT2D eigenvalue weighted by Gasteiger charge is -2.34. The van der Waals surface area contributed by atoms with Crippen LogP contribution in [0.2, 0.25) is 5.02 Å². The number of hydrogen-bond acceptors (Lipinski definition) is 4. The van der Waals surface area contributed by atoms with E-state index in [1.165, 1.54) is 11.0 Å². The molecule has 1 aromatic heterocycles. The molecule has 0 saturated carbocycles. The van der Waals surface area contributed by atoms with Crippen LogP contribution < -0.4 is 5.56 Å². The van der Waals surface area contributed by atoms with Gasteiger partial charge < -0.3 is 9.88 Å². The van der Waals surface area contributed by atoms with E-state index in [1.807, 2.05) is 0 Å². The number of carbonyl (C=O) groups is 1. The number of amides is 1. The van der Waals surface area contributed by atoms with Gasteiger partial charge in [0.2, 0.25) is 10.0 Å². The Kier molecular flexibility index (Phi) is 5.99. The number of nitrogens with one attached hydrogen (secondary N) is 1. The van der Waals surface area contributed by atoms with E-state index < -0.39 is 38.1 Å². The second kappa shape index (κ2) is 8.05. The summed E-state index contributed by atoms with van der Waals surface area (Å²) in [4.78, 5) is 27.7. The lowest BCUT2D eigenvalue weighted by molar-refractivity contribution is -0.137. The van der Waals surface area contributed by atoms with Gasteiger partial charge in [-0.2, -0.15) is 17.5 Å². The molecule has 0 spiro atoms. The van der Waals surface area contributed by atoms with E-state index in [0.717, 1.165) is 10.4 Å². The van der Waals surface area contributed by atoms with Gasteiger partial charge in [-0.15, -0.1) is 0 Å². The van der Waals surface area contributed by atoms with Crippen molar-refractivity contribution in [1.82, 2.24) is 14.2 Å². The number of hydrogen-bond donors (Lipinski definition) is 1. The number of benzene rings is 1. The van der Waals surface area contributed by atoms with Crippen molar-refractivity contribution in [2.45, 2.75) is 18.0 Å². The standard InChI is InChI=1S/C18H17ClF3N3O4S/c1-11-2-4-13(16(26)23-11)17(27)24-6-8-25(9-7-24)30(28,29)15-10-12(18(20,21)22)3-5-14(15)19/h2-5,10H,6-9H2,1H3,(H,23,26). The van der Waals surface area contributed by atoms with Crippen LogP contribution in [0.3, 0.4) is 0 Å². The quantitative estimate of drug-likeness (QED) is 0.757. The average molecular weight is 464 g/mol. The molecule has 2 aromatic rings. The van der Waals surface area contributed by atoms with E-state index in [2.05, 4.69) is 4.98 Å². The third-order valence-electron chi connectivity index (χ3n) is 4.69. The Morgan fingerprint density at radius 1 is 1.10 bits per heavy atom. The van der Waals surface area contributed by atoms with Gasteiger partial charge in [-0.1, -0.05) is 11.6 Å². The summed E-state index contributed by atoms with van der Waals surface area (Å²) in [6.07, 6.45) is -4.72. The highest BCUT2D eigenvalue weighted by atomic mass is 35.5. The van der Waals surface area contributed by atoms with Gasteiger partial charge >= 0.3 is 6.18 Å². The summed E-state index contributed by atoms with van der Waals surface area (Å²) in [5, 5.41) is -0.326. The van der Waals surface area contributed by atoms with Crippen molar-refractivity contribution in [3.05, 3.63) is 62.5 Å². The highest BCUT2D eigenvalue weighted by molar-refractivity contribution is 7.89. The van der Waals surface area contributed by atoms with Crippen molar-refractivity contribution in [3.63, 3.8) is 0 Å². The van der Waals surface area contributed by atoms with E-state index in [-0.39, 0.29) is 36.8 Å². The minimum atomic E-state index is -4.72. The number of H-pyrrole nitrogens is 1. The van der Waals surface area contributed by atoms with Crippen LogP contribution in [-0.4, -0.2) is 54.7 Å². The maximum absolute atomic E-state index is 13.0. The fourth-order valence-electron chi connectivity index (χ4n) is 3.06. The number of carbonyl (C=O) groups excluding carboxylic acids is 1. The number of rotatable bonds is 3. The first-order chi connectivity index (χ1) is 13.9. The van der Waals surface area contributed by atoms with Crippen molar-refractivity contribution < 1.29 is 26.4 Å². The summed E-state index contributed by atoms with van der Waals surface area (Å²) >= 11 is 5.86. The maximum atomic E-state index is 13.0. The number of aromatic nitrogens is 1. The first-order valence-electron chi connectivity index (χ1n) is 8.77. The van der Waals surface area contributed by atoms with Crippen LogP contribution >= 0.6 is 11.6 Å². The van der Waals surface area contributed by atoms with Crippen LogP contribution in [0, 0.1) is 6.92 Å². The molecule has 1 amide bonds. The number of halogens is 4.